The van der Waals surface area contributed by atoms with Crippen molar-refractivity contribution in [1.29, 1.82) is 0 Å². The molecule has 0 aromatic rings. The Hall–Kier alpha value is -1.10. The van der Waals surface area contributed by atoms with Crippen molar-refractivity contribution in [2.24, 2.45) is 0 Å². The lowest BCUT2D eigenvalue weighted by Crippen LogP contribution is -2.56. The Bertz CT molecular complexity index is 152. The Morgan fingerprint density at radius 1 is 1.60 bits per heavy atom. The van der Waals surface area contributed by atoms with E-state index in [1.165, 1.54) is 0 Å². The predicted molar refractivity (Wildman–Crippen MR) is 34.1 cm³/mol. The molecule has 1 aliphatic rings. The van der Waals surface area contributed by atoms with Gasteiger partial charge in [0, 0.05) is 0 Å². The van der Waals surface area contributed by atoms with Crippen LogP contribution >= 0.6 is 0 Å². The molecule has 56 valence electrons. The van der Waals surface area contributed by atoms with Crippen molar-refractivity contribution < 1.29 is 9.59 Å². The number of hydrogen-bond acceptors (Lipinski definition) is 3. The molecule has 0 aromatic carbocycles. The molecule has 0 spiro atoms. The fourth-order valence-corrected chi connectivity index (χ4v) is 0.783. The number of urea groups is 1. The van der Waals surface area contributed by atoms with E-state index < -0.39 is 6.03 Å². The standard InChI is InChI=1S/C5H9N3O2/c1-6-3-2-4(9)8-5(10)7-3/h3,6H,2H2,1H3,(H2,7,8,9,10). The van der Waals surface area contributed by atoms with Gasteiger partial charge in [-0.3, -0.25) is 15.4 Å². The third-order valence-electron chi connectivity index (χ3n) is 1.30. The first-order chi connectivity index (χ1) is 4.72. The van der Waals surface area contributed by atoms with Crippen LogP contribution in [0, 0.1) is 0 Å². The minimum Gasteiger partial charge on any atom is -0.322 e. The Balaban J connectivity index is 2.50. The molecule has 0 aliphatic carbocycles. The van der Waals surface area contributed by atoms with Gasteiger partial charge in [-0.2, -0.15) is 0 Å². The molecule has 1 rings (SSSR count). The van der Waals surface area contributed by atoms with Crippen LogP contribution in [0.3, 0.4) is 0 Å². The maximum absolute atomic E-state index is 10.6. The van der Waals surface area contributed by atoms with Gasteiger partial charge in [-0.25, -0.2) is 4.79 Å². The van der Waals surface area contributed by atoms with Crippen LogP contribution < -0.4 is 16.0 Å². The van der Waals surface area contributed by atoms with Crippen LogP contribution in [-0.4, -0.2) is 25.2 Å². The van der Waals surface area contributed by atoms with Crippen LogP contribution in [0.15, 0.2) is 0 Å². The van der Waals surface area contributed by atoms with E-state index in [0.29, 0.717) is 6.42 Å². The van der Waals surface area contributed by atoms with Gasteiger partial charge < -0.3 is 5.32 Å². The molecular formula is C5H9N3O2. The molecule has 0 saturated carbocycles. The van der Waals surface area contributed by atoms with Crippen LogP contribution in [0.5, 0.6) is 0 Å². The summed E-state index contributed by atoms with van der Waals surface area (Å²) in [6, 6.07) is -0.435. The summed E-state index contributed by atoms with van der Waals surface area (Å²) < 4.78 is 0. The zero-order chi connectivity index (χ0) is 7.56. The van der Waals surface area contributed by atoms with E-state index in [1.807, 2.05) is 0 Å². The molecule has 1 unspecified atom stereocenters. The minimum absolute atomic E-state index is 0.221. The normalized spacial score (nSPS) is 25.5. The molecule has 0 aromatic heterocycles. The first-order valence-electron chi connectivity index (χ1n) is 3.00. The van der Waals surface area contributed by atoms with Crippen LogP contribution in [0.4, 0.5) is 4.79 Å². The first-order valence-corrected chi connectivity index (χ1v) is 3.00. The molecule has 1 heterocycles. The summed E-state index contributed by atoms with van der Waals surface area (Å²) in [6.45, 7) is 0. The lowest BCUT2D eigenvalue weighted by atomic mass is 10.3. The summed E-state index contributed by atoms with van der Waals surface area (Å²) in [4.78, 5) is 21.2. The second-order valence-electron chi connectivity index (χ2n) is 2.07. The molecule has 1 aliphatic heterocycles. The second kappa shape index (κ2) is 2.66. The number of imide groups is 1. The molecule has 0 bridgehead atoms. The molecule has 1 saturated heterocycles. The fraction of sp³-hybridized carbons (Fsp3) is 0.600. The zero-order valence-corrected chi connectivity index (χ0v) is 5.60. The van der Waals surface area contributed by atoms with Crippen LogP contribution in [0.2, 0.25) is 0 Å². The van der Waals surface area contributed by atoms with Gasteiger partial charge in [0.2, 0.25) is 5.91 Å². The third kappa shape index (κ3) is 1.44. The van der Waals surface area contributed by atoms with Crippen molar-refractivity contribution in [2.45, 2.75) is 12.6 Å². The number of nitrogens with one attached hydrogen (secondary N) is 3. The predicted octanol–water partition coefficient (Wildman–Crippen LogP) is -1.24. The fourth-order valence-electron chi connectivity index (χ4n) is 0.783. The Labute approximate surface area is 58.2 Å². The van der Waals surface area contributed by atoms with Crippen LogP contribution in [0.1, 0.15) is 6.42 Å². The van der Waals surface area contributed by atoms with Crippen molar-refractivity contribution in [2.75, 3.05) is 7.05 Å². The largest absolute Gasteiger partial charge is 0.322 e. The molecule has 5 heteroatoms. The molecule has 1 fully saturated rings. The highest BCUT2D eigenvalue weighted by molar-refractivity contribution is 5.97. The van der Waals surface area contributed by atoms with Gasteiger partial charge in [0.05, 0.1) is 12.6 Å². The highest BCUT2D eigenvalue weighted by Crippen LogP contribution is 1.92. The summed E-state index contributed by atoms with van der Waals surface area (Å²) in [5, 5.41) is 7.40. The molecule has 1 atom stereocenters. The smallest absolute Gasteiger partial charge is 0.322 e. The summed E-state index contributed by atoms with van der Waals surface area (Å²) in [6.07, 6.45) is 0.0728. The number of amides is 3. The molecule has 3 amide bonds. The van der Waals surface area contributed by atoms with Crippen molar-refractivity contribution in [3.05, 3.63) is 0 Å². The maximum atomic E-state index is 10.6. The van der Waals surface area contributed by atoms with E-state index in [0.717, 1.165) is 0 Å². The van der Waals surface area contributed by atoms with Gasteiger partial charge in [-0.1, -0.05) is 0 Å². The van der Waals surface area contributed by atoms with Gasteiger partial charge in [0.1, 0.15) is 0 Å². The van der Waals surface area contributed by atoms with Crippen molar-refractivity contribution in [1.82, 2.24) is 16.0 Å². The SMILES string of the molecule is CNC1CC(=O)NC(=O)N1. The molecule has 5 nitrogen and oxygen atoms in total. The Morgan fingerprint density at radius 3 is 2.80 bits per heavy atom. The summed E-state index contributed by atoms with van der Waals surface area (Å²) >= 11 is 0. The van der Waals surface area contributed by atoms with Crippen LogP contribution in [-0.2, 0) is 4.79 Å². The van der Waals surface area contributed by atoms with Gasteiger partial charge in [0.15, 0.2) is 0 Å². The lowest BCUT2D eigenvalue weighted by Gasteiger charge is -2.21. The van der Waals surface area contributed by atoms with E-state index in [4.69, 9.17) is 0 Å². The van der Waals surface area contributed by atoms with E-state index in [9.17, 15) is 9.59 Å². The minimum atomic E-state index is -0.435. The molecular weight excluding hydrogens is 134 g/mol. The van der Waals surface area contributed by atoms with E-state index >= 15 is 0 Å². The average molecular weight is 143 g/mol. The Kier molecular flexibility index (Phi) is 1.86. The van der Waals surface area contributed by atoms with E-state index in [-0.39, 0.29) is 12.1 Å². The average Bonchev–Trinajstić information content (AvgIpc) is 1.85. The maximum Gasteiger partial charge on any atom is 0.322 e. The number of rotatable bonds is 1. The molecule has 0 radical (unpaired) electrons. The quantitative estimate of drug-likeness (QED) is 0.430. The molecule has 3 N–H and O–H groups in total. The zero-order valence-electron chi connectivity index (χ0n) is 5.60. The number of carbonyl (C=O) groups excluding carboxylic acids is 2. The topological polar surface area (TPSA) is 70.2 Å². The third-order valence-corrected chi connectivity index (χ3v) is 1.30. The highest BCUT2D eigenvalue weighted by atomic mass is 16.2. The Morgan fingerprint density at radius 2 is 2.30 bits per heavy atom. The molecule has 10 heavy (non-hydrogen) atoms. The van der Waals surface area contributed by atoms with Crippen molar-refractivity contribution in [3.8, 4) is 0 Å². The van der Waals surface area contributed by atoms with Gasteiger partial charge >= 0.3 is 6.03 Å². The summed E-state index contributed by atoms with van der Waals surface area (Å²) in [7, 11) is 1.68. The van der Waals surface area contributed by atoms with Gasteiger partial charge in [-0.15, -0.1) is 0 Å². The lowest BCUT2D eigenvalue weighted by molar-refractivity contribution is -0.121. The second-order valence-corrected chi connectivity index (χ2v) is 2.07. The van der Waals surface area contributed by atoms with Gasteiger partial charge in [-0.05, 0) is 7.05 Å². The monoisotopic (exact) mass is 143 g/mol. The van der Waals surface area contributed by atoms with E-state index in [2.05, 4.69) is 16.0 Å². The van der Waals surface area contributed by atoms with Crippen molar-refractivity contribution >= 4 is 11.9 Å². The number of hydrogen-bond donors (Lipinski definition) is 3. The van der Waals surface area contributed by atoms with Crippen LogP contribution in [0.25, 0.3) is 0 Å². The number of carbonyl (C=O) groups is 2. The van der Waals surface area contributed by atoms with Gasteiger partial charge in [0.25, 0.3) is 0 Å². The highest BCUT2D eigenvalue weighted by Gasteiger charge is 2.21. The summed E-state index contributed by atoms with van der Waals surface area (Å²) in [5.41, 5.74) is 0. The van der Waals surface area contributed by atoms with Crippen molar-refractivity contribution in [3.63, 3.8) is 0 Å². The van der Waals surface area contributed by atoms with E-state index in [1.54, 1.807) is 7.05 Å². The summed E-state index contributed by atoms with van der Waals surface area (Å²) in [5.74, 6) is -0.247. The first kappa shape index (κ1) is 7.01.